The van der Waals surface area contributed by atoms with Gasteiger partial charge in [-0.05, 0) is 26.0 Å². The zero-order valence-corrected chi connectivity index (χ0v) is 16.9. The molecule has 9 nitrogen and oxygen atoms in total. The van der Waals surface area contributed by atoms with Crippen molar-refractivity contribution >= 4 is 17.7 Å². The number of carbonyl (C=O) groups is 1. The molecule has 0 unspecified atom stereocenters. The van der Waals surface area contributed by atoms with E-state index in [9.17, 15) is 4.79 Å². The molecule has 0 aliphatic rings. The number of rotatable bonds is 10. The number of hydrogen-bond acceptors (Lipinski definition) is 8. The third-order valence-electron chi connectivity index (χ3n) is 3.83. The number of ether oxygens (including phenoxy) is 3. The maximum Gasteiger partial charge on any atom is 0.251 e. The van der Waals surface area contributed by atoms with Gasteiger partial charge in [-0.1, -0.05) is 0 Å². The normalized spacial score (nSPS) is 10.2. The van der Waals surface area contributed by atoms with Gasteiger partial charge in [0.25, 0.3) is 5.91 Å². The van der Waals surface area contributed by atoms with Crippen LogP contribution < -0.4 is 30.2 Å². The Kier molecular flexibility index (Phi) is 7.67. The standard InChI is InChI=1S/C19H27N5O4/c1-6-20-16-9-12(2)23-19(24-16)22-8-7-21-18(25)13-10-14(26-3)17(28-5)15(11-13)27-4/h9-11H,6-8H2,1-5H3,(H,21,25)(H2,20,22,23,24). The monoisotopic (exact) mass is 389 g/mol. The first-order chi connectivity index (χ1) is 13.5. The van der Waals surface area contributed by atoms with Crippen molar-refractivity contribution in [1.82, 2.24) is 15.3 Å². The molecular formula is C19H27N5O4. The smallest absolute Gasteiger partial charge is 0.251 e. The van der Waals surface area contributed by atoms with Gasteiger partial charge in [0.15, 0.2) is 11.5 Å². The van der Waals surface area contributed by atoms with E-state index in [4.69, 9.17) is 14.2 Å². The molecule has 0 saturated heterocycles. The van der Waals surface area contributed by atoms with Gasteiger partial charge in [-0.25, -0.2) is 4.98 Å². The number of nitrogens with zero attached hydrogens (tertiary/aromatic N) is 2. The zero-order chi connectivity index (χ0) is 20.5. The summed E-state index contributed by atoms with van der Waals surface area (Å²) in [4.78, 5) is 21.2. The molecule has 1 amide bonds. The van der Waals surface area contributed by atoms with Gasteiger partial charge in [0.1, 0.15) is 5.82 Å². The third kappa shape index (κ3) is 5.38. The Morgan fingerprint density at radius 3 is 2.21 bits per heavy atom. The highest BCUT2D eigenvalue weighted by molar-refractivity contribution is 5.95. The molecule has 0 atom stereocenters. The van der Waals surface area contributed by atoms with Gasteiger partial charge in [0, 0.05) is 37.0 Å². The van der Waals surface area contributed by atoms with E-state index >= 15 is 0 Å². The fourth-order valence-corrected chi connectivity index (χ4v) is 2.58. The highest BCUT2D eigenvalue weighted by Gasteiger charge is 2.16. The number of hydrogen-bond donors (Lipinski definition) is 3. The predicted molar refractivity (Wildman–Crippen MR) is 108 cm³/mol. The lowest BCUT2D eigenvalue weighted by Crippen LogP contribution is -2.29. The SMILES string of the molecule is CCNc1cc(C)nc(NCCNC(=O)c2cc(OC)c(OC)c(OC)c2)n1. The van der Waals surface area contributed by atoms with Crippen LogP contribution in [0.3, 0.4) is 0 Å². The van der Waals surface area contributed by atoms with Crippen LogP contribution in [-0.4, -0.2) is 56.8 Å². The van der Waals surface area contributed by atoms with E-state index in [2.05, 4.69) is 25.9 Å². The van der Waals surface area contributed by atoms with Crippen molar-refractivity contribution in [2.45, 2.75) is 13.8 Å². The Hall–Kier alpha value is -3.23. The first-order valence-corrected chi connectivity index (χ1v) is 8.94. The highest BCUT2D eigenvalue weighted by Crippen LogP contribution is 2.38. The minimum atomic E-state index is -0.250. The molecule has 1 heterocycles. The predicted octanol–water partition coefficient (Wildman–Crippen LogP) is 2.08. The van der Waals surface area contributed by atoms with Crippen LogP contribution in [0, 0.1) is 6.92 Å². The number of nitrogens with one attached hydrogen (secondary N) is 3. The van der Waals surface area contributed by atoms with Crippen molar-refractivity contribution < 1.29 is 19.0 Å². The summed E-state index contributed by atoms with van der Waals surface area (Å²) in [6.07, 6.45) is 0. The molecule has 3 N–H and O–H groups in total. The number of aromatic nitrogens is 2. The van der Waals surface area contributed by atoms with Gasteiger partial charge in [-0.15, -0.1) is 0 Å². The average molecular weight is 389 g/mol. The number of anilines is 2. The molecule has 2 aromatic rings. The molecule has 0 aliphatic carbocycles. The Labute approximate surface area is 164 Å². The van der Waals surface area contributed by atoms with Crippen LogP contribution in [-0.2, 0) is 0 Å². The second kappa shape index (κ2) is 10.2. The molecule has 0 spiro atoms. The third-order valence-corrected chi connectivity index (χ3v) is 3.83. The fraction of sp³-hybridized carbons (Fsp3) is 0.421. The van der Waals surface area contributed by atoms with Gasteiger partial charge in [0.05, 0.1) is 21.3 Å². The molecular weight excluding hydrogens is 362 g/mol. The number of benzene rings is 1. The Morgan fingerprint density at radius 1 is 0.964 bits per heavy atom. The molecule has 9 heteroatoms. The van der Waals surface area contributed by atoms with Crippen LogP contribution in [0.15, 0.2) is 18.2 Å². The summed E-state index contributed by atoms with van der Waals surface area (Å²) in [7, 11) is 4.53. The second-order valence-corrected chi connectivity index (χ2v) is 5.85. The minimum Gasteiger partial charge on any atom is -0.493 e. The maximum absolute atomic E-state index is 12.5. The summed E-state index contributed by atoms with van der Waals surface area (Å²) in [5.41, 5.74) is 1.27. The Morgan fingerprint density at radius 2 is 1.64 bits per heavy atom. The van der Waals surface area contributed by atoms with Crippen molar-refractivity contribution in [3.05, 3.63) is 29.5 Å². The lowest BCUT2D eigenvalue weighted by atomic mass is 10.1. The van der Waals surface area contributed by atoms with Crippen LogP contribution in [0.2, 0.25) is 0 Å². The van der Waals surface area contributed by atoms with Crippen molar-refractivity contribution in [2.24, 2.45) is 0 Å². The van der Waals surface area contributed by atoms with E-state index in [1.54, 1.807) is 12.1 Å². The molecule has 0 fully saturated rings. The molecule has 0 saturated carbocycles. The van der Waals surface area contributed by atoms with Gasteiger partial charge in [-0.3, -0.25) is 4.79 Å². The first-order valence-electron chi connectivity index (χ1n) is 8.94. The molecule has 1 aromatic heterocycles. The summed E-state index contributed by atoms with van der Waals surface area (Å²) in [5, 5.41) is 9.10. The van der Waals surface area contributed by atoms with E-state index < -0.39 is 0 Å². The van der Waals surface area contributed by atoms with E-state index in [1.165, 1.54) is 21.3 Å². The van der Waals surface area contributed by atoms with E-state index in [0.29, 0.717) is 41.8 Å². The van der Waals surface area contributed by atoms with Crippen LogP contribution in [0.25, 0.3) is 0 Å². The number of carbonyl (C=O) groups excluding carboxylic acids is 1. The average Bonchev–Trinajstić information content (AvgIpc) is 2.69. The van der Waals surface area contributed by atoms with E-state index in [-0.39, 0.29) is 5.91 Å². The van der Waals surface area contributed by atoms with Gasteiger partial charge in [0.2, 0.25) is 11.7 Å². The molecule has 1 aromatic carbocycles. The minimum absolute atomic E-state index is 0.250. The molecule has 152 valence electrons. The van der Waals surface area contributed by atoms with Crippen LogP contribution in [0.4, 0.5) is 11.8 Å². The zero-order valence-electron chi connectivity index (χ0n) is 16.9. The van der Waals surface area contributed by atoms with Crippen molar-refractivity contribution in [2.75, 3.05) is 51.6 Å². The summed E-state index contributed by atoms with van der Waals surface area (Å²) < 4.78 is 15.8. The summed E-state index contributed by atoms with van der Waals surface area (Å²) in [6, 6.07) is 5.09. The Balaban J connectivity index is 1.96. The van der Waals surface area contributed by atoms with E-state index in [1.807, 2.05) is 19.9 Å². The first kappa shape index (κ1) is 21.1. The lowest BCUT2D eigenvalue weighted by molar-refractivity contribution is 0.0954. The summed E-state index contributed by atoms with van der Waals surface area (Å²) in [6.45, 7) is 5.55. The molecule has 2 rings (SSSR count). The summed E-state index contributed by atoms with van der Waals surface area (Å²) in [5.74, 6) is 2.32. The van der Waals surface area contributed by atoms with Crippen molar-refractivity contribution in [1.29, 1.82) is 0 Å². The van der Waals surface area contributed by atoms with Crippen molar-refractivity contribution in [3.8, 4) is 17.2 Å². The van der Waals surface area contributed by atoms with Crippen LogP contribution in [0.1, 0.15) is 23.0 Å². The largest absolute Gasteiger partial charge is 0.493 e. The van der Waals surface area contributed by atoms with Crippen molar-refractivity contribution in [3.63, 3.8) is 0 Å². The summed E-state index contributed by atoms with van der Waals surface area (Å²) >= 11 is 0. The van der Waals surface area contributed by atoms with Crippen LogP contribution >= 0.6 is 0 Å². The maximum atomic E-state index is 12.5. The second-order valence-electron chi connectivity index (χ2n) is 5.85. The molecule has 0 aliphatic heterocycles. The quantitative estimate of drug-likeness (QED) is 0.530. The van der Waals surface area contributed by atoms with Gasteiger partial charge < -0.3 is 30.2 Å². The number of amides is 1. The molecule has 0 bridgehead atoms. The van der Waals surface area contributed by atoms with Gasteiger partial charge >= 0.3 is 0 Å². The van der Waals surface area contributed by atoms with E-state index in [0.717, 1.165) is 18.1 Å². The molecule has 0 radical (unpaired) electrons. The fourth-order valence-electron chi connectivity index (χ4n) is 2.58. The van der Waals surface area contributed by atoms with Gasteiger partial charge in [-0.2, -0.15) is 4.98 Å². The topological polar surface area (TPSA) is 107 Å². The Bertz CT molecular complexity index is 788. The molecule has 28 heavy (non-hydrogen) atoms. The highest BCUT2D eigenvalue weighted by atomic mass is 16.5. The number of aryl methyl sites for hydroxylation is 1. The van der Waals surface area contributed by atoms with Crippen LogP contribution in [0.5, 0.6) is 17.2 Å². The number of methoxy groups -OCH3 is 3. The lowest BCUT2D eigenvalue weighted by Gasteiger charge is -2.14.